The molecule has 0 unspecified atom stereocenters. The molecule has 8 nitrogen and oxygen atoms in total. The molecule has 0 aliphatic carbocycles. The first kappa shape index (κ1) is 21.6. The topological polar surface area (TPSA) is 97.0 Å². The van der Waals surface area contributed by atoms with Crippen molar-refractivity contribution in [2.45, 2.75) is 4.90 Å². The summed E-state index contributed by atoms with van der Waals surface area (Å²) in [5, 5.41) is 5.73. The lowest BCUT2D eigenvalue weighted by Gasteiger charge is -2.26. The summed E-state index contributed by atoms with van der Waals surface area (Å²) in [4.78, 5) is 12.3. The molecule has 0 atom stereocenters. The van der Waals surface area contributed by atoms with Crippen LogP contribution in [0.4, 0.5) is 11.4 Å². The number of carbonyl (C=O) groups excluding carboxylic acids is 1. The predicted octanol–water partition coefficient (Wildman–Crippen LogP) is 2.53. The van der Waals surface area contributed by atoms with E-state index < -0.39 is 10.0 Å². The molecule has 1 saturated heterocycles. The number of hydrogen-bond donors (Lipinski definition) is 2. The molecular formula is C19H22BrN3O5S. The molecule has 0 radical (unpaired) electrons. The smallest absolute Gasteiger partial charge is 0.246 e. The lowest BCUT2D eigenvalue weighted by molar-refractivity contribution is -0.114. The average molecular weight is 484 g/mol. The summed E-state index contributed by atoms with van der Waals surface area (Å²) in [7, 11) is -2.35. The van der Waals surface area contributed by atoms with E-state index in [-0.39, 0.29) is 36.2 Å². The molecule has 2 N–H and O–H groups in total. The number of morpholine rings is 1. The van der Waals surface area contributed by atoms with Crippen LogP contribution in [0.15, 0.2) is 51.8 Å². The Labute approximate surface area is 178 Å². The zero-order valence-corrected chi connectivity index (χ0v) is 18.3. The molecular weight excluding hydrogens is 462 g/mol. The van der Waals surface area contributed by atoms with Gasteiger partial charge in [0.25, 0.3) is 0 Å². The second kappa shape index (κ2) is 9.57. The van der Waals surface area contributed by atoms with E-state index in [9.17, 15) is 13.2 Å². The maximum absolute atomic E-state index is 13.0. The Kier molecular flexibility index (Phi) is 7.12. The highest BCUT2D eigenvalue weighted by atomic mass is 79.9. The van der Waals surface area contributed by atoms with Crippen LogP contribution in [0.5, 0.6) is 5.75 Å². The normalized spacial score (nSPS) is 15.0. The quantitative estimate of drug-likeness (QED) is 0.627. The summed E-state index contributed by atoms with van der Waals surface area (Å²) < 4.78 is 38.8. The Morgan fingerprint density at radius 1 is 1.14 bits per heavy atom. The van der Waals surface area contributed by atoms with Gasteiger partial charge in [0.05, 0.1) is 26.9 Å². The first-order chi connectivity index (χ1) is 13.9. The average Bonchev–Trinajstić information content (AvgIpc) is 2.74. The van der Waals surface area contributed by atoms with Crippen molar-refractivity contribution in [3.63, 3.8) is 0 Å². The minimum absolute atomic E-state index is 0.0144. The van der Waals surface area contributed by atoms with Gasteiger partial charge >= 0.3 is 0 Å². The third-order valence-corrected chi connectivity index (χ3v) is 6.78. The molecule has 0 saturated carbocycles. The Morgan fingerprint density at radius 2 is 1.79 bits per heavy atom. The van der Waals surface area contributed by atoms with Crippen molar-refractivity contribution < 1.29 is 22.7 Å². The molecule has 10 heteroatoms. The molecule has 1 aliphatic heterocycles. The van der Waals surface area contributed by atoms with Crippen LogP contribution in [0.1, 0.15) is 0 Å². The van der Waals surface area contributed by atoms with Crippen molar-refractivity contribution in [2.75, 3.05) is 50.6 Å². The Balaban J connectivity index is 1.72. The number of hydrogen-bond acceptors (Lipinski definition) is 6. The van der Waals surface area contributed by atoms with E-state index in [2.05, 4.69) is 26.6 Å². The number of sulfonamides is 1. The number of ether oxygens (including phenoxy) is 2. The summed E-state index contributed by atoms with van der Waals surface area (Å²) in [5.74, 6) is -0.0738. The van der Waals surface area contributed by atoms with Crippen LogP contribution in [0.3, 0.4) is 0 Å². The largest absolute Gasteiger partial charge is 0.495 e. The Hall–Kier alpha value is -2.14. The Bertz CT molecular complexity index is 960. The van der Waals surface area contributed by atoms with Gasteiger partial charge in [-0.25, -0.2) is 8.42 Å². The van der Waals surface area contributed by atoms with Crippen molar-refractivity contribution in [3.05, 3.63) is 46.9 Å². The highest BCUT2D eigenvalue weighted by Gasteiger charge is 2.29. The van der Waals surface area contributed by atoms with Crippen molar-refractivity contribution in [3.8, 4) is 5.75 Å². The number of benzene rings is 2. The van der Waals surface area contributed by atoms with Crippen LogP contribution in [-0.2, 0) is 19.6 Å². The lowest BCUT2D eigenvalue weighted by atomic mass is 10.3. The van der Waals surface area contributed by atoms with Gasteiger partial charge in [-0.15, -0.1) is 0 Å². The third-order valence-electron chi connectivity index (χ3n) is 4.33. The second-order valence-electron chi connectivity index (χ2n) is 6.29. The molecule has 3 rings (SSSR count). The molecule has 1 heterocycles. The molecule has 1 aliphatic rings. The van der Waals surface area contributed by atoms with Gasteiger partial charge in [0.1, 0.15) is 10.6 Å². The fourth-order valence-corrected chi connectivity index (χ4v) is 4.69. The number of nitrogens with zero attached hydrogens (tertiary/aromatic N) is 1. The monoisotopic (exact) mass is 483 g/mol. The zero-order valence-electron chi connectivity index (χ0n) is 15.9. The van der Waals surface area contributed by atoms with E-state index in [1.807, 2.05) is 24.3 Å². The Morgan fingerprint density at radius 3 is 2.45 bits per heavy atom. The highest BCUT2D eigenvalue weighted by Crippen LogP contribution is 2.30. The summed E-state index contributed by atoms with van der Waals surface area (Å²) in [6.45, 7) is 1.29. The summed E-state index contributed by atoms with van der Waals surface area (Å²) in [6, 6.07) is 12.0. The second-order valence-corrected chi connectivity index (χ2v) is 9.11. The summed E-state index contributed by atoms with van der Waals surface area (Å²) in [5.41, 5.74) is 1.17. The minimum atomic E-state index is -3.77. The van der Waals surface area contributed by atoms with Crippen molar-refractivity contribution in [2.24, 2.45) is 0 Å². The molecule has 1 fully saturated rings. The van der Waals surface area contributed by atoms with E-state index in [0.717, 1.165) is 10.2 Å². The number of halogens is 1. The summed E-state index contributed by atoms with van der Waals surface area (Å²) >= 11 is 3.36. The van der Waals surface area contributed by atoms with Crippen molar-refractivity contribution in [1.29, 1.82) is 0 Å². The number of amides is 1. The van der Waals surface area contributed by atoms with Crippen LogP contribution in [-0.4, -0.2) is 58.6 Å². The molecule has 0 aromatic heterocycles. The molecule has 0 spiro atoms. The van der Waals surface area contributed by atoms with Crippen LogP contribution in [0.2, 0.25) is 0 Å². The van der Waals surface area contributed by atoms with E-state index in [1.165, 1.54) is 23.5 Å². The van der Waals surface area contributed by atoms with Gasteiger partial charge in [-0.05, 0) is 42.5 Å². The van der Waals surface area contributed by atoms with E-state index in [0.29, 0.717) is 18.9 Å². The van der Waals surface area contributed by atoms with Gasteiger partial charge in [-0.2, -0.15) is 4.31 Å². The first-order valence-electron chi connectivity index (χ1n) is 8.95. The zero-order chi connectivity index (χ0) is 20.9. The standard InChI is InChI=1S/C19H22BrN3O5S/c1-27-17-7-6-16(12-18(17)29(25,26)23-8-10-28-11-9-23)22-19(24)13-21-15-4-2-14(20)3-5-15/h2-7,12,21H,8-11,13H2,1H3,(H,22,24). The highest BCUT2D eigenvalue weighted by molar-refractivity contribution is 9.10. The third kappa shape index (κ3) is 5.47. The SMILES string of the molecule is COc1ccc(NC(=O)CNc2ccc(Br)cc2)cc1S(=O)(=O)N1CCOCC1. The van der Waals surface area contributed by atoms with E-state index in [1.54, 1.807) is 6.07 Å². The van der Waals surface area contributed by atoms with Gasteiger partial charge in [0.15, 0.2) is 0 Å². The number of carbonyl (C=O) groups is 1. The van der Waals surface area contributed by atoms with Crippen LogP contribution in [0, 0.1) is 0 Å². The molecule has 1 amide bonds. The van der Waals surface area contributed by atoms with Gasteiger partial charge in [0, 0.05) is 28.9 Å². The maximum atomic E-state index is 13.0. The first-order valence-corrected chi connectivity index (χ1v) is 11.2. The number of rotatable bonds is 7. The molecule has 2 aromatic rings. The molecule has 156 valence electrons. The van der Waals surface area contributed by atoms with Crippen molar-refractivity contribution >= 4 is 43.2 Å². The van der Waals surface area contributed by atoms with Gasteiger partial charge in [0.2, 0.25) is 15.9 Å². The minimum Gasteiger partial charge on any atom is -0.495 e. The number of nitrogens with one attached hydrogen (secondary N) is 2. The van der Waals surface area contributed by atoms with E-state index >= 15 is 0 Å². The summed E-state index contributed by atoms with van der Waals surface area (Å²) in [6.07, 6.45) is 0. The predicted molar refractivity (Wildman–Crippen MR) is 114 cm³/mol. The van der Waals surface area contributed by atoms with Gasteiger partial charge < -0.3 is 20.1 Å². The lowest BCUT2D eigenvalue weighted by Crippen LogP contribution is -2.40. The fraction of sp³-hybridized carbons (Fsp3) is 0.316. The molecule has 2 aromatic carbocycles. The van der Waals surface area contributed by atoms with Gasteiger partial charge in [-0.3, -0.25) is 4.79 Å². The van der Waals surface area contributed by atoms with Crippen molar-refractivity contribution in [1.82, 2.24) is 4.31 Å². The van der Waals surface area contributed by atoms with E-state index in [4.69, 9.17) is 9.47 Å². The van der Waals surface area contributed by atoms with Gasteiger partial charge in [-0.1, -0.05) is 15.9 Å². The van der Waals surface area contributed by atoms with Crippen LogP contribution >= 0.6 is 15.9 Å². The van der Waals surface area contributed by atoms with Crippen LogP contribution in [0.25, 0.3) is 0 Å². The fourth-order valence-electron chi connectivity index (χ4n) is 2.84. The van der Waals surface area contributed by atoms with Crippen LogP contribution < -0.4 is 15.4 Å². The number of anilines is 2. The molecule has 29 heavy (non-hydrogen) atoms. The number of methoxy groups -OCH3 is 1. The molecule has 0 bridgehead atoms. The maximum Gasteiger partial charge on any atom is 0.246 e.